The average Bonchev–Trinajstić information content (AvgIpc) is 3.34. The number of Topliss-reactive ketones (excluding diaryl/α,β-unsaturated/α-hetero) is 2. The molecule has 5 rings (SSSR count). The number of halogens is 1. The van der Waals surface area contributed by atoms with Crippen LogP contribution in [0.15, 0.2) is 36.5 Å². The fourth-order valence-electron chi connectivity index (χ4n) is 6.48. The zero-order chi connectivity index (χ0) is 23.7. The van der Waals surface area contributed by atoms with E-state index < -0.39 is 0 Å². The number of aromatic nitrogens is 1. The molecule has 2 bridgehead atoms. The van der Waals surface area contributed by atoms with E-state index >= 15 is 0 Å². The van der Waals surface area contributed by atoms with Gasteiger partial charge < -0.3 is 4.57 Å². The number of aryl methyl sites for hydroxylation is 1. The number of carbonyl (C=O) groups is 2. The minimum atomic E-state index is 0.197. The molecular formula is C29H35ClN2O2. The van der Waals surface area contributed by atoms with Crippen LogP contribution in [0.25, 0.3) is 11.1 Å². The van der Waals surface area contributed by atoms with Crippen molar-refractivity contribution < 1.29 is 9.59 Å². The average molecular weight is 479 g/mol. The number of nitrogens with zero attached hydrogens (tertiary/aromatic N) is 2. The molecule has 3 heterocycles. The maximum atomic E-state index is 12.7. The summed E-state index contributed by atoms with van der Waals surface area (Å²) in [6.45, 7) is 3.88. The van der Waals surface area contributed by atoms with Gasteiger partial charge in [0.25, 0.3) is 0 Å². The Morgan fingerprint density at radius 3 is 2.47 bits per heavy atom. The van der Waals surface area contributed by atoms with Gasteiger partial charge in [-0.2, -0.15) is 0 Å². The summed E-state index contributed by atoms with van der Waals surface area (Å²) in [5.41, 5.74) is 1.68. The van der Waals surface area contributed by atoms with E-state index in [0.717, 1.165) is 71.9 Å². The van der Waals surface area contributed by atoms with Crippen molar-refractivity contribution in [3.05, 3.63) is 58.2 Å². The molecule has 1 aliphatic carbocycles. The summed E-state index contributed by atoms with van der Waals surface area (Å²) in [6, 6.07) is 10.9. The van der Waals surface area contributed by atoms with Gasteiger partial charge in [0, 0.05) is 65.6 Å². The standard InChI is InChI=1S/C29H35ClN2O2/c1-2-27(33)25-19-31(29-24(25)10-6-11-26(29)30)14-7-15-32-22-12-13-23(32)17-20(16-22)18-28(34)21-8-4-3-5-9-21/h3-5,8-10,19-20,22-23H,2,6-7,11-18H2,1H3. The molecular weight excluding hydrogens is 444 g/mol. The second-order valence-corrected chi connectivity index (χ2v) is 10.7. The van der Waals surface area contributed by atoms with Gasteiger partial charge >= 0.3 is 0 Å². The van der Waals surface area contributed by atoms with Gasteiger partial charge in [-0.3, -0.25) is 14.5 Å². The zero-order valence-electron chi connectivity index (χ0n) is 20.1. The number of ketones is 2. The number of fused-ring (bicyclic) bond motifs is 3. The van der Waals surface area contributed by atoms with Crippen LogP contribution >= 0.6 is 11.6 Å². The topological polar surface area (TPSA) is 42.3 Å². The molecule has 0 radical (unpaired) electrons. The molecule has 0 saturated carbocycles. The van der Waals surface area contributed by atoms with E-state index in [1.54, 1.807) is 0 Å². The first-order valence-electron chi connectivity index (χ1n) is 13.0. The predicted molar refractivity (Wildman–Crippen MR) is 138 cm³/mol. The first-order chi connectivity index (χ1) is 16.5. The lowest BCUT2D eigenvalue weighted by Gasteiger charge is -2.39. The van der Waals surface area contributed by atoms with Crippen molar-refractivity contribution in [2.45, 2.75) is 83.3 Å². The van der Waals surface area contributed by atoms with E-state index in [1.165, 1.54) is 12.8 Å². The first-order valence-corrected chi connectivity index (χ1v) is 13.4. The Balaban J connectivity index is 1.21. The fourth-order valence-corrected chi connectivity index (χ4v) is 6.80. The third kappa shape index (κ3) is 4.67. The Labute approximate surface area is 207 Å². The highest BCUT2D eigenvalue weighted by Gasteiger charge is 2.40. The molecule has 4 nitrogen and oxygen atoms in total. The maximum absolute atomic E-state index is 12.7. The molecule has 2 atom stereocenters. The summed E-state index contributed by atoms with van der Waals surface area (Å²) in [4.78, 5) is 27.9. The van der Waals surface area contributed by atoms with E-state index in [9.17, 15) is 9.59 Å². The molecule has 2 aromatic rings. The molecule has 2 fully saturated rings. The molecule has 3 aliphatic rings. The fraction of sp³-hybridized carbons (Fsp3) is 0.517. The number of hydrogen-bond donors (Lipinski definition) is 0. The Morgan fingerprint density at radius 1 is 1.03 bits per heavy atom. The van der Waals surface area contributed by atoms with Crippen LogP contribution in [-0.4, -0.2) is 39.7 Å². The summed E-state index contributed by atoms with van der Waals surface area (Å²) < 4.78 is 2.23. The number of rotatable bonds is 9. The van der Waals surface area contributed by atoms with Crippen LogP contribution in [0.1, 0.15) is 85.4 Å². The van der Waals surface area contributed by atoms with Crippen LogP contribution in [0, 0.1) is 5.92 Å². The molecule has 1 aromatic carbocycles. The number of benzene rings is 1. The largest absolute Gasteiger partial charge is 0.346 e. The van der Waals surface area contributed by atoms with Crippen LogP contribution in [0.2, 0.25) is 0 Å². The molecule has 180 valence electrons. The maximum Gasteiger partial charge on any atom is 0.164 e. The minimum absolute atomic E-state index is 0.197. The van der Waals surface area contributed by atoms with E-state index in [1.807, 2.05) is 43.5 Å². The van der Waals surface area contributed by atoms with Crippen LogP contribution in [0.4, 0.5) is 0 Å². The van der Waals surface area contributed by atoms with Gasteiger partial charge in [0.05, 0.1) is 5.35 Å². The van der Waals surface area contributed by atoms with Crippen molar-refractivity contribution in [3.8, 4) is 0 Å². The molecule has 2 aliphatic heterocycles. The summed E-state index contributed by atoms with van der Waals surface area (Å²) in [7, 11) is 0. The lowest BCUT2D eigenvalue weighted by molar-refractivity contribution is 0.0806. The van der Waals surface area contributed by atoms with Gasteiger partial charge in [-0.1, -0.05) is 54.9 Å². The van der Waals surface area contributed by atoms with Crippen LogP contribution in [0.3, 0.4) is 0 Å². The molecule has 0 spiro atoms. The van der Waals surface area contributed by atoms with Crippen molar-refractivity contribution in [2.75, 3.05) is 6.54 Å². The molecule has 1 aromatic heterocycles. The first kappa shape index (κ1) is 23.6. The highest BCUT2D eigenvalue weighted by atomic mass is 35.5. The van der Waals surface area contributed by atoms with Crippen molar-refractivity contribution in [1.82, 2.24) is 9.47 Å². The molecule has 0 amide bonds. The molecule has 34 heavy (non-hydrogen) atoms. The number of carbonyl (C=O) groups excluding carboxylic acids is 2. The SMILES string of the molecule is CCC(=O)c1cn(CCCN2C3CCC2CC(CC(=O)c2ccccc2)C3)c2c1=CCCC=2Cl. The highest BCUT2D eigenvalue weighted by Crippen LogP contribution is 2.40. The summed E-state index contributed by atoms with van der Waals surface area (Å²) in [6.07, 6.45) is 13.0. The summed E-state index contributed by atoms with van der Waals surface area (Å²) in [5.74, 6) is 0.991. The smallest absolute Gasteiger partial charge is 0.164 e. The van der Waals surface area contributed by atoms with Crippen LogP contribution in [0.5, 0.6) is 0 Å². The van der Waals surface area contributed by atoms with Crippen LogP contribution < -0.4 is 10.6 Å². The Morgan fingerprint density at radius 2 is 1.76 bits per heavy atom. The van der Waals surface area contributed by atoms with Gasteiger partial charge in [0.15, 0.2) is 11.6 Å². The Bertz CT molecular complexity index is 1170. The van der Waals surface area contributed by atoms with E-state index in [4.69, 9.17) is 11.6 Å². The van der Waals surface area contributed by atoms with E-state index in [-0.39, 0.29) is 11.6 Å². The van der Waals surface area contributed by atoms with Crippen molar-refractivity contribution in [1.29, 1.82) is 0 Å². The monoisotopic (exact) mass is 478 g/mol. The van der Waals surface area contributed by atoms with Gasteiger partial charge in [-0.05, 0) is 50.9 Å². The molecule has 2 saturated heterocycles. The van der Waals surface area contributed by atoms with Crippen molar-refractivity contribution in [2.24, 2.45) is 5.92 Å². The van der Waals surface area contributed by atoms with Crippen molar-refractivity contribution >= 4 is 34.3 Å². The molecule has 0 N–H and O–H groups in total. The van der Waals surface area contributed by atoms with Crippen LogP contribution in [-0.2, 0) is 6.54 Å². The number of piperidine rings is 1. The minimum Gasteiger partial charge on any atom is -0.346 e. The second kappa shape index (κ2) is 10.2. The second-order valence-electron chi connectivity index (χ2n) is 10.2. The summed E-state index contributed by atoms with van der Waals surface area (Å²) >= 11 is 6.63. The summed E-state index contributed by atoms with van der Waals surface area (Å²) in [5, 5.41) is 2.99. The lowest BCUT2D eigenvalue weighted by Crippen LogP contribution is -2.44. The van der Waals surface area contributed by atoms with Gasteiger partial charge in [-0.25, -0.2) is 0 Å². The predicted octanol–water partition coefficient (Wildman–Crippen LogP) is 4.91. The molecule has 5 heteroatoms. The highest BCUT2D eigenvalue weighted by molar-refractivity contribution is 6.45. The Hall–Kier alpha value is -2.17. The number of hydrogen-bond acceptors (Lipinski definition) is 3. The normalized spacial score (nSPS) is 24.1. The third-order valence-electron chi connectivity index (χ3n) is 8.08. The Kier molecular flexibility index (Phi) is 7.08. The van der Waals surface area contributed by atoms with E-state index in [0.29, 0.717) is 30.8 Å². The van der Waals surface area contributed by atoms with Crippen molar-refractivity contribution in [3.63, 3.8) is 0 Å². The zero-order valence-corrected chi connectivity index (χ0v) is 20.9. The quantitative estimate of drug-likeness (QED) is 0.481. The van der Waals surface area contributed by atoms with Gasteiger partial charge in [-0.15, -0.1) is 0 Å². The third-order valence-corrected chi connectivity index (χ3v) is 8.44. The lowest BCUT2D eigenvalue weighted by atomic mass is 9.85. The van der Waals surface area contributed by atoms with E-state index in [2.05, 4.69) is 15.5 Å². The molecule has 2 unspecified atom stereocenters. The van der Waals surface area contributed by atoms with Gasteiger partial charge in [0.1, 0.15) is 0 Å². The van der Waals surface area contributed by atoms with Gasteiger partial charge in [0.2, 0.25) is 0 Å².